The largest absolute Gasteiger partial charge is 0.506 e. The molecule has 0 atom stereocenters. The number of phenols is 1. The monoisotopic (exact) mass is 238 g/mol. The predicted molar refractivity (Wildman–Crippen MR) is 69.9 cm³/mol. The van der Waals surface area contributed by atoms with Gasteiger partial charge in [0.2, 0.25) is 0 Å². The van der Waals surface area contributed by atoms with Crippen LogP contribution in [0.4, 0.5) is 0 Å². The van der Waals surface area contributed by atoms with E-state index in [9.17, 15) is 5.11 Å². The molecule has 1 N–H and O–H groups in total. The van der Waals surface area contributed by atoms with E-state index in [1.165, 1.54) is 4.88 Å². The van der Waals surface area contributed by atoms with Crippen LogP contribution in [-0.4, -0.2) is 10.4 Å². The molecule has 0 aliphatic rings. The highest BCUT2D eigenvalue weighted by Gasteiger charge is 2.05. The Kier molecular flexibility index (Phi) is 3.22. The summed E-state index contributed by atoms with van der Waals surface area (Å²) in [6.07, 6.45) is 0. The van der Waals surface area contributed by atoms with Crippen LogP contribution < -0.4 is 0 Å². The van der Waals surface area contributed by atoms with Crippen LogP contribution in [0.15, 0.2) is 24.3 Å². The molecule has 1 heterocycles. The molecule has 2 rings (SSSR count). The van der Waals surface area contributed by atoms with Crippen LogP contribution in [-0.2, 0) is 5.75 Å². The van der Waals surface area contributed by atoms with Crippen molar-refractivity contribution in [3.8, 4) is 5.75 Å². The molecule has 0 spiro atoms. The highest BCUT2D eigenvalue weighted by molar-refractivity contribution is 7.99. The summed E-state index contributed by atoms with van der Waals surface area (Å²) in [6.45, 7) is 4.41. The second-order valence-electron chi connectivity index (χ2n) is 3.77. The van der Waals surface area contributed by atoms with E-state index >= 15 is 0 Å². The first-order valence-corrected chi connectivity index (χ1v) is 6.85. The Bertz CT molecular complexity index is 460. The lowest BCUT2D eigenvalue weighted by Gasteiger charge is -2.00. The summed E-state index contributed by atoms with van der Waals surface area (Å²) in [5.74, 6) is 1.44. The Hall–Kier alpha value is -0.670. The highest BCUT2D eigenvalue weighted by atomic mass is 32.2. The zero-order valence-corrected chi connectivity index (χ0v) is 10.5. The maximum Gasteiger partial charge on any atom is 0.133 e. The first-order chi connectivity index (χ1) is 7.16. The summed E-state index contributed by atoms with van der Waals surface area (Å²) in [5, 5.41) is 11.5. The number of hydrogen-bond acceptors (Lipinski definition) is 3. The fraction of sp³-hybridized carbons (Fsp3) is 0.333. The van der Waals surface area contributed by atoms with E-state index in [1.807, 2.05) is 17.8 Å². The van der Waals surface area contributed by atoms with Gasteiger partial charge in [0.05, 0.1) is 4.70 Å². The zero-order chi connectivity index (χ0) is 10.8. The second kappa shape index (κ2) is 4.45. The number of benzene rings is 1. The average Bonchev–Trinajstić information content (AvgIpc) is 2.59. The molecule has 3 heteroatoms. The van der Waals surface area contributed by atoms with Crippen molar-refractivity contribution >= 4 is 33.2 Å². The van der Waals surface area contributed by atoms with Crippen molar-refractivity contribution in [2.24, 2.45) is 0 Å². The molecule has 0 radical (unpaired) electrons. The third-order valence-electron chi connectivity index (χ3n) is 2.13. The van der Waals surface area contributed by atoms with E-state index in [2.05, 4.69) is 26.0 Å². The molecule has 2 aromatic rings. The van der Waals surface area contributed by atoms with Crippen molar-refractivity contribution in [3.05, 3.63) is 29.1 Å². The molecule has 0 bridgehead atoms. The minimum atomic E-state index is 0.401. The number of hydrogen-bond donors (Lipinski definition) is 1. The Morgan fingerprint density at radius 2 is 2.20 bits per heavy atom. The van der Waals surface area contributed by atoms with Crippen molar-refractivity contribution in [3.63, 3.8) is 0 Å². The first kappa shape index (κ1) is 10.8. The maximum absolute atomic E-state index is 9.67. The number of phenolic OH excluding ortho intramolecular Hbond substituents is 1. The van der Waals surface area contributed by atoms with Gasteiger partial charge in [0.1, 0.15) is 5.75 Å². The molecular weight excluding hydrogens is 224 g/mol. The zero-order valence-electron chi connectivity index (χ0n) is 8.86. The Morgan fingerprint density at radius 1 is 1.40 bits per heavy atom. The van der Waals surface area contributed by atoms with E-state index in [4.69, 9.17) is 0 Å². The van der Waals surface area contributed by atoms with Crippen LogP contribution in [0, 0.1) is 0 Å². The normalized spacial score (nSPS) is 11.4. The third kappa shape index (κ3) is 2.47. The molecule has 0 fully saturated rings. The number of rotatable bonds is 3. The van der Waals surface area contributed by atoms with E-state index in [-0.39, 0.29) is 0 Å². The van der Waals surface area contributed by atoms with Gasteiger partial charge in [0.15, 0.2) is 0 Å². The van der Waals surface area contributed by atoms with E-state index < -0.39 is 0 Å². The second-order valence-corrected chi connectivity index (χ2v) is 6.47. The van der Waals surface area contributed by atoms with Crippen LogP contribution in [0.25, 0.3) is 10.1 Å². The molecule has 1 aromatic carbocycles. The molecule has 0 saturated carbocycles. The lowest BCUT2D eigenvalue weighted by Crippen LogP contribution is -1.85. The summed E-state index contributed by atoms with van der Waals surface area (Å²) in [5.41, 5.74) is 0. The van der Waals surface area contributed by atoms with Gasteiger partial charge in [-0.25, -0.2) is 0 Å². The maximum atomic E-state index is 9.67. The minimum Gasteiger partial charge on any atom is -0.506 e. The summed E-state index contributed by atoms with van der Waals surface area (Å²) < 4.78 is 1.01. The number of thiophene rings is 1. The Morgan fingerprint density at radius 3 is 2.87 bits per heavy atom. The van der Waals surface area contributed by atoms with Gasteiger partial charge in [-0.1, -0.05) is 26.0 Å². The number of fused-ring (bicyclic) bond motifs is 1. The van der Waals surface area contributed by atoms with Crippen molar-refractivity contribution < 1.29 is 5.11 Å². The van der Waals surface area contributed by atoms with Gasteiger partial charge >= 0.3 is 0 Å². The van der Waals surface area contributed by atoms with Gasteiger partial charge in [0.25, 0.3) is 0 Å². The summed E-state index contributed by atoms with van der Waals surface area (Å²) >= 11 is 3.63. The molecular formula is C12H14OS2. The smallest absolute Gasteiger partial charge is 0.133 e. The lowest BCUT2D eigenvalue weighted by molar-refractivity contribution is 0.482. The molecule has 0 unspecified atom stereocenters. The van der Waals surface area contributed by atoms with Crippen LogP contribution >= 0.6 is 23.1 Å². The number of aromatic hydroxyl groups is 1. The molecule has 1 aromatic heterocycles. The minimum absolute atomic E-state index is 0.401. The SMILES string of the molecule is CC(C)SCc1cc2cccc(O)c2s1. The summed E-state index contributed by atoms with van der Waals surface area (Å²) in [4.78, 5) is 1.34. The Labute approximate surface area is 98.1 Å². The van der Waals surface area contributed by atoms with Crippen molar-refractivity contribution in [2.45, 2.75) is 24.9 Å². The van der Waals surface area contributed by atoms with E-state index in [1.54, 1.807) is 17.4 Å². The predicted octanol–water partition coefficient (Wildman–Crippen LogP) is 4.25. The standard InChI is InChI=1S/C12H14OS2/c1-8(2)14-7-10-6-9-4-3-5-11(13)12(9)15-10/h3-6,8,13H,7H2,1-2H3. The average molecular weight is 238 g/mol. The molecule has 0 aliphatic carbocycles. The molecule has 1 nitrogen and oxygen atoms in total. The van der Waals surface area contributed by atoms with Gasteiger partial charge in [-0.15, -0.1) is 11.3 Å². The molecule has 15 heavy (non-hydrogen) atoms. The van der Waals surface area contributed by atoms with Crippen LogP contribution in [0.5, 0.6) is 5.75 Å². The fourth-order valence-electron chi connectivity index (χ4n) is 1.42. The van der Waals surface area contributed by atoms with E-state index in [0.29, 0.717) is 11.0 Å². The van der Waals surface area contributed by atoms with E-state index in [0.717, 1.165) is 15.8 Å². The van der Waals surface area contributed by atoms with Gasteiger partial charge in [-0.05, 0) is 22.8 Å². The summed E-state index contributed by atoms with van der Waals surface area (Å²) in [6, 6.07) is 7.87. The quantitative estimate of drug-likeness (QED) is 0.862. The molecule has 0 saturated heterocycles. The van der Waals surface area contributed by atoms with Gasteiger partial charge < -0.3 is 5.11 Å². The lowest BCUT2D eigenvalue weighted by atomic mass is 10.2. The van der Waals surface area contributed by atoms with Gasteiger partial charge in [-0.3, -0.25) is 0 Å². The van der Waals surface area contributed by atoms with Crippen molar-refractivity contribution in [1.82, 2.24) is 0 Å². The third-order valence-corrected chi connectivity index (χ3v) is 4.63. The summed E-state index contributed by atoms with van der Waals surface area (Å²) in [7, 11) is 0. The molecule has 0 aliphatic heterocycles. The van der Waals surface area contributed by atoms with Crippen LogP contribution in [0.3, 0.4) is 0 Å². The van der Waals surface area contributed by atoms with Crippen LogP contribution in [0.1, 0.15) is 18.7 Å². The molecule has 0 amide bonds. The number of thioether (sulfide) groups is 1. The van der Waals surface area contributed by atoms with Gasteiger partial charge in [0, 0.05) is 10.6 Å². The highest BCUT2D eigenvalue weighted by Crippen LogP contribution is 2.34. The Balaban J connectivity index is 2.27. The van der Waals surface area contributed by atoms with Gasteiger partial charge in [-0.2, -0.15) is 11.8 Å². The topological polar surface area (TPSA) is 20.2 Å². The molecule has 80 valence electrons. The first-order valence-electron chi connectivity index (χ1n) is 4.99. The van der Waals surface area contributed by atoms with Crippen molar-refractivity contribution in [2.75, 3.05) is 0 Å². The fourth-order valence-corrected chi connectivity index (χ4v) is 3.31. The van der Waals surface area contributed by atoms with Crippen molar-refractivity contribution in [1.29, 1.82) is 0 Å². The van der Waals surface area contributed by atoms with Crippen LogP contribution in [0.2, 0.25) is 0 Å².